The fourth-order valence-electron chi connectivity index (χ4n) is 0.958. The number of carbonyl (C=O) groups is 5. The van der Waals surface area contributed by atoms with Crippen LogP contribution in [0.25, 0.3) is 0 Å². The van der Waals surface area contributed by atoms with Crippen LogP contribution in [0.3, 0.4) is 0 Å². The number of rotatable bonds is 5. The van der Waals surface area contributed by atoms with Gasteiger partial charge in [-0.1, -0.05) is 0 Å². The minimum absolute atomic E-state index is 0. The highest BCUT2D eigenvalue weighted by molar-refractivity contribution is 5.92. The molecule has 12 heteroatoms. The zero-order valence-corrected chi connectivity index (χ0v) is 9.77. The Bertz CT molecular complexity index is 398. The maximum Gasteiger partial charge on any atom is 0.513 e. The van der Waals surface area contributed by atoms with Crippen molar-refractivity contribution in [3.8, 4) is 0 Å². The second kappa shape index (κ2) is 7.65. The minimum Gasteiger partial charge on any atom is -0.479 e. The first-order chi connectivity index (χ1) is 8.56. The van der Waals surface area contributed by atoms with Crippen LogP contribution in [0.5, 0.6) is 0 Å². The van der Waals surface area contributed by atoms with Gasteiger partial charge in [-0.25, -0.2) is 14.4 Å². The van der Waals surface area contributed by atoms with Crippen LogP contribution in [0.2, 0.25) is 0 Å². The van der Waals surface area contributed by atoms with E-state index in [4.69, 9.17) is 15.3 Å². The molecule has 20 heavy (non-hydrogen) atoms. The highest BCUT2D eigenvalue weighted by Crippen LogP contribution is 2.18. The van der Waals surface area contributed by atoms with E-state index in [2.05, 4.69) is 9.47 Å². The van der Waals surface area contributed by atoms with Crippen LogP contribution in [-0.4, -0.2) is 56.2 Å². The molecule has 0 saturated heterocycles. The molecule has 0 aromatic carbocycles. The Morgan fingerprint density at radius 1 is 0.800 bits per heavy atom. The number of carbonyl (C=O) groups excluding carboxylic acids is 2. The summed E-state index contributed by atoms with van der Waals surface area (Å²) < 4.78 is 7.09. The number of ether oxygens (including phenoxy) is 2. The molecule has 0 saturated carbocycles. The van der Waals surface area contributed by atoms with E-state index in [1.54, 1.807) is 0 Å². The molecule has 0 radical (unpaired) electrons. The van der Waals surface area contributed by atoms with E-state index in [1.165, 1.54) is 0 Å². The Kier molecular flexibility index (Phi) is 7.50. The molecule has 0 aliphatic carbocycles. The summed E-state index contributed by atoms with van der Waals surface area (Å²) in [5.74, 6) is -5.33. The quantitative estimate of drug-likeness (QED) is 0.310. The van der Waals surface area contributed by atoms with Crippen LogP contribution >= 0.6 is 0 Å². The van der Waals surface area contributed by atoms with Crippen molar-refractivity contribution in [1.29, 1.82) is 0 Å². The second-order valence-corrected chi connectivity index (χ2v) is 3.17. The van der Waals surface area contributed by atoms with Gasteiger partial charge >= 0.3 is 30.2 Å². The first-order valence-electron chi connectivity index (χ1n) is 4.40. The van der Waals surface area contributed by atoms with Gasteiger partial charge in [0.2, 0.25) is 0 Å². The molecule has 0 unspecified atom stereocenters. The predicted molar refractivity (Wildman–Crippen MR) is 55.1 cm³/mol. The molecule has 12 nitrogen and oxygen atoms in total. The predicted octanol–water partition coefficient (Wildman–Crippen LogP) is -0.813. The Hall–Kier alpha value is -2.73. The SMILES string of the molecule is N.O=C(O)OC(=O)CC(O)(CC(=O)OC(=O)O)C(=O)O. The smallest absolute Gasteiger partial charge is 0.479 e. The topological polar surface area (TPSA) is 220 Å². The van der Waals surface area contributed by atoms with Crippen molar-refractivity contribution in [2.45, 2.75) is 18.4 Å². The first kappa shape index (κ1) is 19.6. The van der Waals surface area contributed by atoms with E-state index in [0.717, 1.165) is 0 Å². The largest absolute Gasteiger partial charge is 0.513 e. The van der Waals surface area contributed by atoms with E-state index >= 15 is 0 Å². The third kappa shape index (κ3) is 6.87. The highest BCUT2D eigenvalue weighted by atomic mass is 16.7. The fourth-order valence-corrected chi connectivity index (χ4v) is 0.958. The lowest BCUT2D eigenvalue weighted by Crippen LogP contribution is -2.43. The van der Waals surface area contributed by atoms with E-state index in [-0.39, 0.29) is 6.15 Å². The zero-order chi connectivity index (χ0) is 15.2. The van der Waals surface area contributed by atoms with Gasteiger partial charge in [-0.2, -0.15) is 0 Å². The number of esters is 2. The number of hydrogen-bond acceptors (Lipinski definition) is 9. The zero-order valence-electron chi connectivity index (χ0n) is 9.77. The van der Waals surface area contributed by atoms with Crippen LogP contribution in [0.1, 0.15) is 12.8 Å². The number of hydrogen-bond donors (Lipinski definition) is 5. The molecule has 7 N–H and O–H groups in total. The van der Waals surface area contributed by atoms with Crippen molar-refractivity contribution in [2.24, 2.45) is 0 Å². The molecule has 0 fully saturated rings. The molecule has 0 amide bonds. The summed E-state index contributed by atoms with van der Waals surface area (Å²) in [6.45, 7) is 0. The van der Waals surface area contributed by atoms with Gasteiger partial charge in [0.05, 0.1) is 12.8 Å². The highest BCUT2D eigenvalue weighted by Gasteiger charge is 2.42. The molecular weight excluding hydrogens is 286 g/mol. The van der Waals surface area contributed by atoms with Gasteiger partial charge in [-0.3, -0.25) is 9.59 Å². The Labute approximate surface area is 110 Å². The molecule has 0 heterocycles. The van der Waals surface area contributed by atoms with Gasteiger partial charge in [-0.15, -0.1) is 0 Å². The van der Waals surface area contributed by atoms with Gasteiger partial charge in [0, 0.05) is 0 Å². The van der Waals surface area contributed by atoms with Crippen LogP contribution < -0.4 is 6.15 Å². The van der Waals surface area contributed by atoms with Crippen molar-refractivity contribution in [1.82, 2.24) is 6.15 Å². The summed E-state index contributed by atoms with van der Waals surface area (Å²) >= 11 is 0. The van der Waals surface area contributed by atoms with Crippen LogP contribution in [0.4, 0.5) is 9.59 Å². The van der Waals surface area contributed by atoms with Crippen LogP contribution in [0, 0.1) is 0 Å². The Morgan fingerprint density at radius 2 is 1.10 bits per heavy atom. The van der Waals surface area contributed by atoms with Crippen molar-refractivity contribution >= 4 is 30.2 Å². The number of carboxylic acid groups (broad SMARTS) is 3. The van der Waals surface area contributed by atoms with Crippen LogP contribution in [0.15, 0.2) is 0 Å². The van der Waals surface area contributed by atoms with Crippen molar-refractivity contribution in [3.05, 3.63) is 0 Å². The molecule has 0 atom stereocenters. The van der Waals surface area contributed by atoms with Crippen LogP contribution in [-0.2, 0) is 23.9 Å². The van der Waals surface area contributed by atoms with Gasteiger partial charge in [-0.05, 0) is 0 Å². The molecule has 0 aliphatic heterocycles. The lowest BCUT2D eigenvalue weighted by molar-refractivity contribution is -0.171. The minimum atomic E-state index is -3.04. The standard InChI is InChI=1S/C8H8O11.H3N/c9-3(18-6(13)14)1-8(17,5(11)12)2-4(10)19-7(15)16;/h17H,1-2H2,(H,11,12)(H,13,14)(H,15,16);1H3. The summed E-state index contributed by atoms with van der Waals surface area (Å²) in [4.78, 5) is 52.5. The lowest BCUT2D eigenvalue weighted by Gasteiger charge is -2.20. The van der Waals surface area contributed by atoms with Gasteiger partial charge in [0.25, 0.3) is 0 Å². The summed E-state index contributed by atoms with van der Waals surface area (Å²) in [5.41, 5.74) is -3.04. The summed E-state index contributed by atoms with van der Waals surface area (Å²) in [7, 11) is 0. The monoisotopic (exact) mass is 297 g/mol. The van der Waals surface area contributed by atoms with Crippen molar-refractivity contribution in [2.75, 3.05) is 0 Å². The first-order valence-corrected chi connectivity index (χ1v) is 4.40. The van der Waals surface area contributed by atoms with E-state index < -0.39 is 48.7 Å². The molecule has 0 aromatic rings. The average Bonchev–Trinajstić information content (AvgIpc) is 2.12. The number of aliphatic carboxylic acids is 1. The normalized spacial score (nSPS) is 9.85. The molecule has 0 spiro atoms. The average molecular weight is 297 g/mol. The number of aliphatic hydroxyl groups is 1. The molecule has 114 valence electrons. The summed E-state index contributed by atoms with van der Waals surface area (Å²) in [5, 5.41) is 34.3. The third-order valence-electron chi connectivity index (χ3n) is 1.67. The van der Waals surface area contributed by atoms with E-state index in [1.807, 2.05) is 0 Å². The van der Waals surface area contributed by atoms with Gasteiger partial charge in [0.1, 0.15) is 0 Å². The second-order valence-electron chi connectivity index (χ2n) is 3.17. The lowest BCUT2D eigenvalue weighted by atomic mass is 9.96. The molecule has 0 rings (SSSR count). The maximum atomic E-state index is 10.9. The van der Waals surface area contributed by atoms with E-state index in [9.17, 15) is 29.1 Å². The molecule has 0 aliphatic rings. The third-order valence-corrected chi connectivity index (χ3v) is 1.67. The molecule has 0 bridgehead atoms. The van der Waals surface area contributed by atoms with E-state index in [0.29, 0.717) is 0 Å². The van der Waals surface area contributed by atoms with Gasteiger partial charge in [0.15, 0.2) is 5.60 Å². The van der Waals surface area contributed by atoms with Crippen molar-refractivity contribution in [3.63, 3.8) is 0 Å². The fraction of sp³-hybridized carbons (Fsp3) is 0.375. The maximum absolute atomic E-state index is 10.9. The Balaban J connectivity index is 0. The number of carboxylic acids is 1. The molecular formula is C8H11NO11. The van der Waals surface area contributed by atoms with Gasteiger partial charge < -0.3 is 36.1 Å². The summed E-state index contributed by atoms with van der Waals surface area (Å²) in [6, 6.07) is 0. The summed E-state index contributed by atoms with van der Waals surface area (Å²) in [6.07, 6.45) is -6.84. The van der Waals surface area contributed by atoms with Crippen molar-refractivity contribution < 1.29 is 53.9 Å². The Morgan fingerprint density at radius 3 is 1.30 bits per heavy atom. The molecule has 0 aromatic heterocycles.